The van der Waals surface area contributed by atoms with E-state index in [4.69, 9.17) is 0 Å². The van der Waals surface area contributed by atoms with E-state index in [-0.39, 0.29) is 34.6 Å². The number of carbonyl (C=O) groups is 3. The largest absolute Gasteiger partial charge is 0.480 e. The van der Waals surface area contributed by atoms with E-state index < -0.39 is 53.2 Å². The number of urea groups is 1. The molecule has 0 radical (unpaired) electrons. The van der Waals surface area contributed by atoms with E-state index in [1.165, 1.54) is 29.2 Å². The Morgan fingerprint density at radius 1 is 0.897 bits per heavy atom. The first kappa shape index (κ1) is 27.6. The van der Waals surface area contributed by atoms with Crippen molar-refractivity contribution < 1.29 is 41.4 Å². The van der Waals surface area contributed by atoms with Crippen LogP contribution in [-0.4, -0.2) is 34.0 Å². The highest BCUT2D eigenvalue weighted by molar-refractivity contribution is 6.02. The van der Waals surface area contributed by atoms with Crippen molar-refractivity contribution in [2.45, 2.75) is 32.6 Å². The summed E-state index contributed by atoms with van der Waals surface area (Å²) in [7, 11) is 0. The molecule has 3 amide bonds. The van der Waals surface area contributed by atoms with Crippen LogP contribution in [0, 0.1) is 17.6 Å². The minimum Gasteiger partial charge on any atom is -0.480 e. The van der Waals surface area contributed by atoms with Crippen LogP contribution in [0.3, 0.4) is 0 Å². The summed E-state index contributed by atoms with van der Waals surface area (Å²) in [6.45, 7) is 3.33. The molecule has 4 rings (SSSR count). The molecule has 0 bridgehead atoms. The number of nitrogens with one attached hydrogen (secondary N) is 2. The molecular weight excluding hydrogens is 525 g/mol. The molecular formula is C27H22F5N3O4. The first-order valence-corrected chi connectivity index (χ1v) is 11.7. The van der Waals surface area contributed by atoms with Gasteiger partial charge in [-0.2, -0.15) is 13.2 Å². The molecule has 1 unspecified atom stereocenters. The Bertz CT molecular complexity index is 1470. The Balaban J connectivity index is 1.62. The summed E-state index contributed by atoms with van der Waals surface area (Å²) in [6.07, 6.45) is -4.84. The minimum absolute atomic E-state index is 0.0195. The van der Waals surface area contributed by atoms with Crippen molar-refractivity contribution in [3.8, 4) is 11.1 Å². The molecule has 3 N–H and O–H groups in total. The van der Waals surface area contributed by atoms with Gasteiger partial charge in [-0.25, -0.2) is 18.4 Å². The Morgan fingerprint density at radius 2 is 1.54 bits per heavy atom. The molecule has 1 heterocycles. The van der Waals surface area contributed by atoms with E-state index in [1.807, 2.05) is 0 Å². The number of carboxylic acids is 1. The van der Waals surface area contributed by atoms with Crippen molar-refractivity contribution in [2.24, 2.45) is 5.92 Å². The molecule has 0 saturated heterocycles. The average molecular weight is 547 g/mol. The number of nitrogens with zero attached hydrogens (tertiary/aromatic N) is 1. The zero-order chi connectivity index (χ0) is 28.6. The monoisotopic (exact) mass is 547 g/mol. The number of alkyl halides is 3. The van der Waals surface area contributed by atoms with Crippen LogP contribution in [0.15, 0.2) is 54.6 Å². The number of carbonyl (C=O) groups excluding carboxylic acids is 2. The van der Waals surface area contributed by atoms with E-state index in [9.17, 15) is 41.4 Å². The maximum Gasteiger partial charge on any atom is 0.417 e. The lowest BCUT2D eigenvalue weighted by molar-refractivity contribution is -0.144. The zero-order valence-electron chi connectivity index (χ0n) is 20.6. The third-order valence-electron chi connectivity index (χ3n) is 6.23. The third-order valence-corrected chi connectivity index (χ3v) is 6.23. The van der Waals surface area contributed by atoms with Crippen LogP contribution in [0.5, 0.6) is 0 Å². The number of anilines is 2. The standard InChI is InChI=1S/C27H22F5N3O4/c1-13(2)23(25(37)38)35-12-15-4-3-14(9-19(15)24(35)36)18-7-5-16(10-20(18)27(30,31)32)33-26(39)34-17-6-8-21(28)22(29)11-17/h3-11,13,23H,12H2,1-2H3,(H,37,38)(H2,33,34,39). The molecule has 0 saturated carbocycles. The fraction of sp³-hybridized carbons (Fsp3) is 0.222. The average Bonchev–Trinajstić information content (AvgIpc) is 3.15. The molecule has 12 heteroatoms. The summed E-state index contributed by atoms with van der Waals surface area (Å²) in [5.41, 5.74) is -1.01. The second-order valence-corrected chi connectivity index (χ2v) is 9.30. The van der Waals surface area contributed by atoms with Crippen LogP contribution in [0.1, 0.15) is 35.3 Å². The molecule has 7 nitrogen and oxygen atoms in total. The minimum atomic E-state index is -4.84. The molecule has 0 aliphatic carbocycles. The van der Waals surface area contributed by atoms with Crippen molar-refractivity contribution in [1.82, 2.24) is 4.90 Å². The second kappa shape index (κ2) is 10.4. The van der Waals surface area contributed by atoms with Gasteiger partial charge in [0.2, 0.25) is 0 Å². The molecule has 0 aromatic heterocycles. The van der Waals surface area contributed by atoms with E-state index in [2.05, 4.69) is 10.6 Å². The van der Waals surface area contributed by atoms with Gasteiger partial charge in [0.05, 0.1) is 5.56 Å². The normalized spacial score (nSPS) is 13.8. The maximum atomic E-state index is 14.0. The summed E-state index contributed by atoms with van der Waals surface area (Å²) in [4.78, 5) is 38.2. The van der Waals surface area contributed by atoms with Gasteiger partial charge in [0.25, 0.3) is 5.91 Å². The fourth-order valence-electron chi connectivity index (χ4n) is 4.47. The SMILES string of the molecule is CC(C)C(C(=O)O)N1Cc2ccc(-c3ccc(NC(=O)Nc4ccc(F)c(F)c4)cc3C(F)(F)F)cc2C1=O. The number of aliphatic carboxylic acids is 1. The van der Waals surface area contributed by atoms with Crippen LogP contribution >= 0.6 is 0 Å². The first-order valence-electron chi connectivity index (χ1n) is 11.7. The van der Waals surface area contributed by atoms with Gasteiger partial charge in [0.1, 0.15) is 6.04 Å². The number of halogens is 5. The van der Waals surface area contributed by atoms with Crippen LogP contribution < -0.4 is 10.6 Å². The van der Waals surface area contributed by atoms with Gasteiger partial charge >= 0.3 is 18.2 Å². The molecule has 1 atom stereocenters. The molecule has 3 aromatic carbocycles. The number of carboxylic acid groups (broad SMARTS) is 1. The Labute approximate surface area is 219 Å². The first-order chi connectivity index (χ1) is 18.3. The lowest BCUT2D eigenvalue weighted by Crippen LogP contribution is -2.44. The van der Waals surface area contributed by atoms with E-state index in [0.717, 1.165) is 24.3 Å². The molecule has 0 fully saturated rings. The fourth-order valence-corrected chi connectivity index (χ4v) is 4.47. The predicted molar refractivity (Wildman–Crippen MR) is 132 cm³/mol. The van der Waals surface area contributed by atoms with Crippen LogP contribution in [0.4, 0.5) is 38.1 Å². The number of hydrogen-bond donors (Lipinski definition) is 3. The molecule has 1 aliphatic heterocycles. The number of amides is 3. The summed E-state index contributed by atoms with van der Waals surface area (Å²) < 4.78 is 68.5. The molecule has 0 spiro atoms. The second-order valence-electron chi connectivity index (χ2n) is 9.30. The van der Waals surface area contributed by atoms with Crippen molar-refractivity contribution in [1.29, 1.82) is 0 Å². The van der Waals surface area contributed by atoms with Crippen LogP contribution in [0.25, 0.3) is 11.1 Å². The van der Waals surface area contributed by atoms with Crippen molar-refractivity contribution >= 4 is 29.3 Å². The lowest BCUT2D eigenvalue weighted by atomic mass is 9.95. The van der Waals surface area contributed by atoms with Gasteiger partial charge in [0, 0.05) is 29.5 Å². The molecule has 39 heavy (non-hydrogen) atoms. The van der Waals surface area contributed by atoms with E-state index in [1.54, 1.807) is 13.8 Å². The number of hydrogen-bond acceptors (Lipinski definition) is 3. The Morgan fingerprint density at radius 3 is 2.13 bits per heavy atom. The smallest absolute Gasteiger partial charge is 0.417 e. The highest BCUT2D eigenvalue weighted by Gasteiger charge is 2.39. The van der Waals surface area contributed by atoms with Crippen molar-refractivity contribution in [3.05, 3.63) is 82.9 Å². The molecule has 204 valence electrons. The molecule has 3 aromatic rings. The van der Waals surface area contributed by atoms with Gasteiger partial charge in [-0.3, -0.25) is 4.79 Å². The van der Waals surface area contributed by atoms with Gasteiger partial charge < -0.3 is 20.6 Å². The maximum absolute atomic E-state index is 14.0. The van der Waals surface area contributed by atoms with Gasteiger partial charge in [-0.15, -0.1) is 0 Å². The summed E-state index contributed by atoms with van der Waals surface area (Å²) in [5.74, 6) is -4.50. The lowest BCUT2D eigenvalue weighted by Gasteiger charge is -2.27. The third kappa shape index (κ3) is 5.69. The topological polar surface area (TPSA) is 98.7 Å². The Hall–Kier alpha value is -4.48. The van der Waals surface area contributed by atoms with E-state index >= 15 is 0 Å². The van der Waals surface area contributed by atoms with Crippen LogP contribution in [-0.2, 0) is 17.5 Å². The summed E-state index contributed by atoms with van der Waals surface area (Å²) >= 11 is 0. The summed E-state index contributed by atoms with van der Waals surface area (Å²) in [5, 5.41) is 14.0. The van der Waals surface area contributed by atoms with Gasteiger partial charge in [-0.05, 0) is 52.9 Å². The number of benzene rings is 3. The van der Waals surface area contributed by atoms with Crippen molar-refractivity contribution in [2.75, 3.05) is 10.6 Å². The van der Waals surface area contributed by atoms with Crippen LogP contribution in [0.2, 0.25) is 0 Å². The van der Waals surface area contributed by atoms with E-state index in [0.29, 0.717) is 11.6 Å². The predicted octanol–water partition coefficient (Wildman–Crippen LogP) is 6.36. The van der Waals surface area contributed by atoms with Gasteiger partial charge in [0.15, 0.2) is 11.6 Å². The summed E-state index contributed by atoms with van der Waals surface area (Å²) in [6, 6.07) is 7.76. The number of rotatable bonds is 6. The zero-order valence-corrected chi connectivity index (χ0v) is 20.6. The number of fused-ring (bicyclic) bond motifs is 1. The molecule has 1 aliphatic rings. The quantitative estimate of drug-likeness (QED) is 0.313. The van der Waals surface area contributed by atoms with Gasteiger partial charge in [-0.1, -0.05) is 32.0 Å². The highest BCUT2D eigenvalue weighted by Crippen LogP contribution is 2.40. The van der Waals surface area contributed by atoms with Crippen molar-refractivity contribution in [3.63, 3.8) is 0 Å². The Kier molecular flexibility index (Phi) is 7.31. The highest BCUT2D eigenvalue weighted by atomic mass is 19.4.